The molecular formula is C10H21O6P. The van der Waals surface area contributed by atoms with Crippen LogP contribution in [-0.4, -0.2) is 48.1 Å². The summed E-state index contributed by atoms with van der Waals surface area (Å²) in [6.07, 6.45) is -1.34. The maximum Gasteiger partial charge on any atom is 0.356 e. The van der Waals surface area contributed by atoms with Gasteiger partial charge >= 0.3 is 7.60 Å². The number of ether oxygens (including phenoxy) is 1. The molecule has 1 saturated carbocycles. The van der Waals surface area contributed by atoms with Gasteiger partial charge in [0.05, 0.1) is 31.5 Å². The van der Waals surface area contributed by atoms with Crippen molar-refractivity contribution < 1.29 is 28.6 Å². The minimum absolute atomic E-state index is 0.191. The van der Waals surface area contributed by atoms with Crippen molar-refractivity contribution in [3.05, 3.63) is 0 Å². The predicted octanol–water partition coefficient (Wildman–Crippen LogP) is 1.11. The molecule has 0 aliphatic heterocycles. The summed E-state index contributed by atoms with van der Waals surface area (Å²) in [7, 11) is -3.23. The first-order valence-electron chi connectivity index (χ1n) is 5.86. The monoisotopic (exact) mass is 268 g/mol. The van der Waals surface area contributed by atoms with E-state index in [2.05, 4.69) is 0 Å². The molecule has 1 rings (SSSR count). The van der Waals surface area contributed by atoms with Crippen molar-refractivity contribution in [3.63, 3.8) is 0 Å². The lowest BCUT2D eigenvalue weighted by Gasteiger charge is -2.20. The molecule has 2 N–H and O–H groups in total. The molecule has 0 amide bonds. The summed E-state index contributed by atoms with van der Waals surface area (Å²) >= 11 is 0. The second-order valence-corrected chi connectivity index (χ2v) is 5.97. The van der Waals surface area contributed by atoms with Crippen LogP contribution in [0, 0.1) is 0 Å². The van der Waals surface area contributed by atoms with Crippen molar-refractivity contribution in [1.29, 1.82) is 0 Å². The van der Waals surface area contributed by atoms with E-state index in [1.54, 1.807) is 13.8 Å². The molecular weight excluding hydrogens is 247 g/mol. The number of aliphatic hydroxyl groups is 2. The lowest BCUT2D eigenvalue weighted by Crippen LogP contribution is -2.23. The molecule has 7 heteroatoms. The lowest BCUT2D eigenvalue weighted by molar-refractivity contribution is -0.00744. The molecule has 1 fully saturated rings. The molecule has 1 aliphatic carbocycles. The molecule has 0 aromatic rings. The van der Waals surface area contributed by atoms with E-state index in [4.69, 9.17) is 13.8 Å². The van der Waals surface area contributed by atoms with Gasteiger partial charge in [-0.3, -0.25) is 4.57 Å². The third kappa shape index (κ3) is 4.66. The zero-order valence-electron chi connectivity index (χ0n) is 10.2. The molecule has 1 aliphatic rings. The van der Waals surface area contributed by atoms with E-state index in [-0.39, 0.29) is 26.0 Å². The maximum atomic E-state index is 12.0. The number of hydrogen-bond donors (Lipinski definition) is 2. The van der Waals surface area contributed by atoms with Gasteiger partial charge in [-0.05, 0) is 13.8 Å². The minimum Gasteiger partial charge on any atom is -0.393 e. The van der Waals surface area contributed by atoms with Crippen LogP contribution < -0.4 is 0 Å². The van der Waals surface area contributed by atoms with E-state index < -0.39 is 25.9 Å². The molecule has 0 unspecified atom stereocenters. The third-order valence-corrected chi connectivity index (χ3v) is 4.31. The van der Waals surface area contributed by atoms with Crippen LogP contribution in [0.2, 0.25) is 0 Å². The predicted molar refractivity (Wildman–Crippen MR) is 61.8 cm³/mol. The Morgan fingerprint density at radius 1 is 1.18 bits per heavy atom. The van der Waals surface area contributed by atoms with Crippen molar-refractivity contribution in [1.82, 2.24) is 0 Å². The fraction of sp³-hybridized carbons (Fsp3) is 1.00. The average Bonchev–Trinajstić information content (AvgIpc) is 2.55. The highest BCUT2D eigenvalue weighted by molar-refractivity contribution is 7.53. The van der Waals surface area contributed by atoms with Crippen LogP contribution in [0.4, 0.5) is 0 Å². The number of hydrogen-bond acceptors (Lipinski definition) is 6. The second kappa shape index (κ2) is 6.83. The Hall–Kier alpha value is 0.0300. The van der Waals surface area contributed by atoms with E-state index in [0.717, 1.165) is 0 Å². The first kappa shape index (κ1) is 15.1. The Balaban J connectivity index is 2.44. The van der Waals surface area contributed by atoms with E-state index in [0.29, 0.717) is 6.42 Å². The molecule has 17 heavy (non-hydrogen) atoms. The molecule has 0 aromatic carbocycles. The Bertz CT molecular complexity index is 262. The van der Waals surface area contributed by atoms with Gasteiger partial charge in [0.25, 0.3) is 0 Å². The Labute approximate surface area is 101 Å². The number of aliphatic hydroxyl groups excluding tert-OH is 2. The van der Waals surface area contributed by atoms with Gasteiger partial charge in [0, 0.05) is 12.8 Å². The van der Waals surface area contributed by atoms with E-state index in [1.165, 1.54) is 0 Å². The quantitative estimate of drug-likeness (QED) is 0.673. The standard InChI is InChI=1S/C10H21O6P/c1-3-15-17(13,16-4-2)7-14-10-6-8(11)5-9(10)12/h8-12H,3-7H2,1-2H3/t8-,9+,10+/m1/s1. The molecule has 6 nitrogen and oxygen atoms in total. The summed E-state index contributed by atoms with van der Waals surface area (Å²) in [5.41, 5.74) is 0. The Morgan fingerprint density at radius 2 is 1.76 bits per heavy atom. The van der Waals surface area contributed by atoms with Crippen LogP contribution >= 0.6 is 7.60 Å². The van der Waals surface area contributed by atoms with Gasteiger partial charge in [0.2, 0.25) is 0 Å². The van der Waals surface area contributed by atoms with Gasteiger partial charge in [-0.2, -0.15) is 0 Å². The van der Waals surface area contributed by atoms with E-state index >= 15 is 0 Å². The van der Waals surface area contributed by atoms with Crippen LogP contribution in [0.3, 0.4) is 0 Å². The molecule has 102 valence electrons. The highest BCUT2D eigenvalue weighted by Crippen LogP contribution is 2.48. The van der Waals surface area contributed by atoms with Crippen LogP contribution in [0.5, 0.6) is 0 Å². The SMILES string of the molecule is CCOP(=O)(CO[C@H]1C[C@H](O)C[C@@H]1O)OCC. The fourth-order valence-corrected chi connectivity index (χ4v) is 3.21. The fourth-order valence-electron chi connectivity index (χ4n) is 1.82. The van der Waals surface area contributed by atoms with Gasteiger partial charge < -0.3 is 24.0 Å². The smallest absolute Gasteiger partial charge is 0.356 e. The van der Waals surface area contributed by atoms with Crippen LogP contribution in [0.25, 0.3) is 0 Å². The second-order valence-electron chi connectivity index (χ2n) is 3.97. The molecule has 0 spiro atoms. The van der Waals surface area contributed by atoms with Crippen LogP contribution in [-0.2, 0) is 18.3 Å². The molecule has 0 aromatic heterocycles. The van der Waals surface area contributed by atoms with Crippen LogP contribution in [0.15, 0.2) is 0 Å². The molecule has 3 atom stereocenters. The first-order valence-corrected chi connectivity index (χ1v) is 7.59. The zero-order chi connectivity index (χ0) is 12.9. The number of rotatable bonds is 7. The van der Waals surface area contributed by atoms with Gasteiger partial charge in [-0.1, -0.05) is 0 Å². The summed E-state index contributed by atoms with van der Waals surface area (Å²) in [6, 6.07) is 0. The summed E-state index contributed by atoms with van der Waals surface area (Å²) in [5.74, 6) is 0. The third-order valence-electron chi connectivity index (χ3n) is 2.55. The van der Waals surface area contributed by atoms with Crippen molar-refractivity contribution in [2.24, 2.45) is 0 Å². The molecule has 0 bridgehead atoms. The summed E-state index contributed by atoms with van der Waals surface area (Å²) < 4.78 is 27.5. The topological polar surface area (TPSA) is 85.2 Å². The summed E-state index contributed by atoms with van der Waals surface area (Å²) in [5, 5.41) is 18.9. The van der Waals surface area contributed by atoms with Crippen molar-refractivity contribution in [2.45, 2.75) is 45.0 Å². The van der Waals surface area contributed by atoms with E-state index in [1.807, 2.05) is 0 Å². The van der Waals surface area contributed by atoms with Crippen LogP contribution in [0.1, 0.15) is 26.7 Å². The highest BCUT2D eigenvalue weighted by atomic mass is 31.2. The summed E-state index contributed by atoms with van der Waals surface area (Å²) in [6.45, 7) is 3.99. The van der Waals surface area contributed by atoms with Gasteiger partial charge in [0.15, 0.2) is 0 Å². The van der Waals surface area contributed by atoms with Crippen molar-refractivity contribution in [2.75, 3.05) is 19.6 Å². The molecule has 0 heterocycles. The van der Waals surface area contributed by atoms with Gasteiger partial charge in [-0.25, -0.2) is 0 Å². The minimum atomic E-state index is -3.23. The first-order chi connectivity index (χ1) is 8.00. The highest BCUT2D eigenvalue weighted by Gasteiger charge is 2.35. The summed E-state index contributed by atoms with van der Waals surface area (Å²) in [4.78, 5) is 0. The average molecular weight is 268 g/mol. The maximum absolute atomic E-state index is 12.0. The van der Waals surface area contributed by atoms with Crippen molar-refractivity contribution in [3.8, 4) is 0 Å². The Morgan fingerprint density at radius 3 is 2.18 bits per heavy atom. The lowest BCUT2D eigenvalue weighted by atomic mass is 10.3. The largest absolute Gasteiger partial charge is 0.393 e. The molecule has 0 saturated heterocycles. The zero-order valence-corrected chi connectivity index (χ0v) is 11.1. The molecule has 0 radical (unpaired) electrons. The van der Waals surface area contributed by atoms with Crippen molar-refractivity contribution >= 4 is 7.60 Å². The Kier molecular flexibility index (Phi) is 6.06. The van der Waals surface area contributed by atoms with Gasteiger partial charge in [-0.15, -0.1) is 0 Å². The van der Waals surface area contributed by atoms with E-state index in [9.17, 15) is 14.8 Å². The normalized spacial score (nSPS) is 29.8. The van der Waals surface area contributed by atoms with Gasteiger partial charge in [0.1, 0.15) is 6.35 Å².